The van der Waals surface area contributed by atoms with E-state index in [1.165, 1.54) is 0 Å². The minimum Gasteiger partial charge on any atom is -0.341 e. The van der Waals surface area contributed by atoms with Crippen LogP contribution in [0.3, 0.4) is 0 Å². The normalized spacial score (nSPS) is 10.4. The van der Waals surface area contributed by atoms with Crippen LogP contribution in [-0.2, 0) is 11.3 Å². The van der Waals surface area contributed by atoms with Crippen molar-refractivity contribution in [1.29, 1.82) is 0 Å². The van der Waals surface area contributed by atoms with Gasteiger partial charge >= 0.3 is 0 Å². The van der Waals surface area contributed by atoms with E-state index < -0.39 is 0 Å². The van der Waals surface area contributed by atoms with Gasteiger partial charge in [0.2, 0.25) is 5.91 Å². The minimum absolute atomic E-state index is 0.111. The van der Waals surface area contributed by atoms with Crippen molar-refractivity contribution in [1.82, 2.24) is 4.90 Å². The Morgan fingerprint density at radius 1 is 1.22 bits per heavy atom. The lowest BCUT2D eigenvalue weighted by Crippen LogP contribution is -2.26. The highest BCUT2D eigenvalue weighted by molar-refractivity contribution is 6.34. The summed E-state index contributed by atoms with van der Waals surface area (Å²) >= 11 is 11.8. The Morgan fingerprint density at radius 2 is 1.83 bits per heavy atom. The van der Waals surface area contributed by atoms with E-state index in [0.29, 0.717) is 29.6 Å². The van der Waals surface area contributed by atoms with E-state index in [4.69, 9.17) is 28.9 Å². The number of carbonyl (C=O) groups excluding carboxylic acids is 1. The molecule has 0 spiro atoms. The first kappa shape index (κ1) is 15.3. The molecule has 0 radical (unpaired) electrons. The number of nitrogens with two attached hydrogens (primary N) is 1. The first-order valence-electron chi connectivity index (χ1n) is 5.92. The van der Waals surface area contributed by atoms with Crippen molar-refractivity contribution in [3.05, 3.63) is 33.8 Å². The molecule has 0 aromatic heterocycles. The molecule has 1 rings (SSSR count). The molecule has 0 saturated heterocycles. The van der Waals surface area contributed by atoms with Gasteiger partial charge in [0.15, 0.2) is 0 Å². The molecule has 0 aliphatic rings. The van der Waals surface area contributed by atoms with Crippen LogP contribution in [0.2, 0.25) is 10.0 Å². The minimum atomic E-state index is 0.111. The van der Waals surface area contributed by atoms with Gasteiger partial charge in [0.05, 0.1) is 0 Å². The van der Waals surface area contributed by atoms with Crippen LogP contribution in [0.25, 0.3) is 0 Å². The van der Waals surface area contributed by atoms with Crippen LogP contribution >= 0.6 is 23.2 Å². The second-order valence-electron chi connectivity index (χ2n) is 4.27. The number of carbonyl (C=O) groups is 1. The monoisotopic (exact) mass is 288 g/mol. The molecule has 0 unspecified atom stereocenters. The summed E-state index contributed by atoms with van der Waals surface area (Å²) in [5.74, 6) is 0.111. The molecule has 1 aromatic rings. The summed E-state index contributed by atoms with van der Waals surface area (Å²) in [6, 6.07) is 5.31. The van der Waals surface area contributed by atoms with Crippen LogP contribution in [0, 0.1) is 0 Å². The predicted molar refractivity (Wildman–Crippen MR) is 75.8 cm³/mol. The number of rotatable bonds is 6. The molecule has 5 heteroatoms. The summed E-state index contributed by atoms with van der Waals surface area (Å²) in [5.41, 5.74) is 6.33. The van der Waals surface area contributed by atoms with Crippen molar-refractivity contribution >= 4 is 29.1 Å². The van der Waals surface area contributed by atoms with Gasteiger partial charge in [0.25, 0.3) is 0 Å². The highest BCUT2D eigenvalue weighted by Crippen LogP contribution is 2.20. The third-order valence-corrected chi connectivity index (χ3v) is 3.05. The summed E-state index contributed by atoms with van der Waals surface area (Å²) in [7, 11) is 1.78. The Balaban J connectivity index is 2.52. The molecule has 18 heavy (non-hydrogen) atoms. The topological polar surface area (TPSA) is 46.3 Å². The van der Waals surface area contributed by atoms with E-state index in [0.717, 1.165) is 18.4 Å². The molecule has 0 atom stereocenters. The van der Waals surface area contributed by atoms with Gasteiger partial charge in [-0.3, -0.25) is 4.79 Å². The van der Waals surface area contributed by atoms with Crippen LogP contribution < -0.4 is 5.73 Å². The summed E-state index contributed by atoms with van der Waals surface area (Å²) in [4.78, 5) is 13.5. The largest absolute Gasteiger partial charge is 0.341 e. The van der Waals surface area contributed by atoms with Gasteiger partial charge in [-0.05, 0) is 43.1 Å². The predicted octanol–water partition coefficient (Wildman–Crippen LogP) is 3.08. The van der Waals surface area contributed by atoms with E-state index in [2.05, 4.69) is 0 Å². The highest BCUT2D eigenvalue weighted by atomic mass is 35.5. The maximum atomic E-state index is 11.8. The average molecular weight is 289 g/mol. The highest BCUT2D eigenvalue weighted by Gasteiger charge is 2.09. The van der Waals surface area contributed by atoms with E-state index in [-0.39, 0.29) is 5.91 Å². The van der Waals surface area contributed by atoms with Crippen molar-refractivity contribution < 1.29 is 4.79 Å². The van der Waals surface area contributed by atoms with Crippen LogP contribution in [0.15, 0.2) is 18.2 Å². The summed E-state index contributed by atoms with van der Waals surface area (Å²) < 4.78 is 0. The SMILES string of the molecule is CN(Cc1cc(Cl)cc(Cl)c1)C(=O)CCCCN. The average Bonchev–Trinajstić information content (AvgIpc) is 2.27. The fourth-order valence-electron chi connectivity index (χ4n) is 1.68. The smallest absolute Gasteiger partial charge is 0.222 e. The van der Waals surface area contributed by atoms with Crippen molar-refractivity contribution in [3.63, 3.8) is 0 Å². The van der Waals surface area contributed by atoms with Crippen molar-refractivity contribution in [3.8, 4) is 0 Å². The molecule has 0 bridgehead atoms. The Kier molecular flexibility index (Phi) is 6.47. The number of halogens is 2. The molecule has 2 N–H and O–H groups in total. The van der Waals surface area contributed by atoms with E-state index in [9.17, 15) is 4.79 Å². The number of unbranched alkanes of at least 4 members (excludes halogenated alkanes) is 1. The molecule has 1 aromatic carbocycles. The summed E-state index contributed by atoms with van der Waals surface area (Å²) in [5, 5.41) is 1.17. The van der Waals surface area contributed by atoms with Crippen LogP contribution in [0.4, 0.5) is 0 Å². The van der Waals surface area contributed by atoms with Crippen LogP contribution in [-0.4, -0.2) is 24.4 Å². The number of hydrogen-bond acceptors (Lipinski definition) is 2. The van der Waals surface area contributed by atoms with Crippen LogP contribution in [0.1, 0.15) is 24.8 Å². The first-order chi connectivity index (χ1) is 8.52. The third-order valence-electron chi connectivity index (χ3n) is 2.61. The van der Waals surface area contributed by atoms with Gasteiger partial charge < -0.3 is 10.6 Å². The first-order valence-corrected chi connectivity index (χ1v) is 6.67. The molecule has 0 heterocycles. The number of benzene rings is 1. The number of hydrogen-bond donors (Lipinski definition) is 1. The lowest BCUT2D eigenvalue weighted by Gasteiger charge is -2.17. The Morgan fingerprint density at radius 3 is 2.39 bits per heavy atom. The van der Waals surface area contributed by atoms with Crippen molar-refractivity contribution in [2.24, 2.45) is 5.73 Å². The lowest BCUT2D eigenvalue weighted by atomic mass is 10.2. The van der Waals surface area contributed by atoms with Gasteiger partial charge in [0.1, 0.15) is 0 Å². The summed E-state index contributed by atoms with van der Waals surface area (Å²) in [6.07, 6.45) is 2.24. The zero-order chi connectivity index (χ0) is 13.5. The van der Waals surface area contributed by atoms with Gasteiger partial charge in [-0.2, -0.15) is 0 Å². The standard InChI is InChI=1S/C13H18Cl2N2O/c1-17(13(18)4-2-3-5-16)9-10-6-11(14)8-12(15)7-10/h6-8H,2-5,9,16H2,1H3. The molecule has 1 amide bonds. The molecule has 0 saturated carbocycles. The number of nitrogens with zero attached hydrogens (tertiary/aromatic N) is 1. The lowest BCUT2D eigenvalue weighted by molar-refractivity contribution is -0.130. The van der Waals surface area contributed by atoms with E-state index in [1.807, 2.05) is 12.1 Å². The van der Waals surface area contributed by atoms with Gasteiger partial charge in [0, 0.05) is 30.1 Å². The zero-order valence-corrected chi connectivity index (χ0v) is 12.0. The molecule has 0 aliphatic heterocycles. The molecule has 0 fully saturated rings. The van der Waals surface area contributed by atoms with Gasteiger partial charge in [-0.15, -0.1) is 0 Å². The molecule has 100 valence electrons. The fraction of sp³-hybridized carbons (Fsp3) is 0.462. The van der Waals surface area contributed by atoms with Crippen LogP contribution in [0.5, 0.6) is 0 Å². The number of amides is 1. The molecular weight excluding hydrogens is 271 g/mol. The molecular formula is C13H18Cl2N2O. The van der Waals surface area contributed by atoms with Gasteiger partial charge in [-0.25, -0.2) is 0 Å². The van der Waals surface area contributed by atoms with Crippen molar-refractivity contribution in [2.75, 3.05) is 13.6 Å². The second-order valence-corrected chi connectivity index (χ2v) is 5.15. The van der Waals surface area contributed by atoms with E-state index in [1.54, 1.807) is 18.0 Å². The van der Waals surface area contributed by atoms with E-state index >= 15 is 0 Å². The summed E-state index contributed by atoms with van der Waals surface area (Å²) in [6.45, 7) is 1.14. The maximum Gasteiger partial charge on any atom is 0.222 e. The Bertz CT molecular complexity index is 390. The zero-order valence-electron chi connectivity index (χ0n) is 10.5. The van der Waals surface area contributed by atoms with Gasteiger partial charge in [-0.1, -0.05) is 23.2 Å². The molecule has 0 aliphatic carbocycles. The second kappa shape index (κ2) is 7.62. The maximum absolute atomic E-state index is 11.8. The van der Waals surface area contributed by atoms with Crippen molar-refractivity contribution in [2.45, 2.75) is 25.8 Å². The Labute approximate surface area is 118 Å². The Hall–Kier alpha value is -0.770. The quantitative estimate of drug-likeness (QED) is 0.818. The third kappa shape index (κ3) is 5.25. The fourth-order valence-corrected chi connectivity index (χ4v) is 2.25. The molecule has 3 nitrogen and oxygen atoms in total.